The van der Waals surface area contributed by atoms with Crippen molar-refractivity contribution >= 4 is 15.9 Å². The average Bonchev–Trinajstić information content (AvgIpc) is 3.15. The number of carbonyl (C=O) groups excluding carboxylic acids is 1. The van der Waals surface area contributed by atoms with Gasteiger partial charge in [-0.2, -0.15) is 0 Å². The maximum absolute atomic E-state index is 12.6. The quantitative estimate of drug-likeness (QED) is 0.720. The van der Waals surface area contributed by atoms with Crippen LogP contribution in [0.25, 0.3) is 0 Å². The average molecular weight is 424 g/mol. The van der Waals surface area contributed by atoms with Crippen LogP contribution in [-0.2, 0) is 14.8 Å². The number of carbonyl (C=O) groups is 1. The third kappa shape index (κ3) is 6.01. The molecule has 0 aliphatic carbocycles. The second-order valence-corrected chi connectivity index (χ2v) is 10.3. The fourth-order valence-electron chi connectivity index (χ4n) is 4.47. The van der Waals surface area contributed by atoms with Crippen LogP contribution < -0.4 is 5.32 Å². The Kier molecular flexibility index (Phi) is 7.32. The molecule has 0 radical (unpaired) electrons. The number of rotatable bonds is 7. The molecule has 0 saturated carbocycles. The van der Waals surface area contributed by atoms with Crippen molar-refractivity contribution in [1.82, 2.24) is 14.5 Å². The Morgan fingerprint density at radius 2 is 1.79 bits per heavy atom. The predicted molar refractivity (Wildman–Crippen MR) is 114 cm³/mol. The minimum absolute atomic E-state index is 0.0621. The fraction of sp³-hybridized carbons (Fsp3) is 0.667. The lowest BCUT2D eigenvalue weighted by molar-refractivity contribution is 0.0194. The van der Waals surface area contributed by atoms with Crippen molar-refractivity contribution in [3.05, 3.63) is 34.9 Å². The molecular formula is C21H33N3O4S. The van der Waals surface area contributed by atoms with E-state index in [2.05, 4.69) is 16.3 Å². The third-order valence-corrected chi connectivity index (χ3v) is 7.13. The summed E-state index contributed by atoms with van der Waals surface area (Å²) < 4.78 is 30.9. The lowest BCUT2D eigenvalue weighted by atomic mass is 10.0. The molecule has 0 bridgehead atoms. The predicted octanol–water partition coefficient (Wildman–Crippen LogP) is 1.55. The van der Waals surface area contributed by atoms with Gasteiger partial charge in [-0.25, -0.2) is 12.7 Å². The van der Waals surface area contributed by atoms with Crippen LogP contribution in [0.15, 0.2) is 18.2 Å². The zero-order valence-electron chi connectivity index (χ0n) is 17.7. The van der Waals surface area contributed by atoms with Crippen LogP contribution in [0.3, 0.4) is 0 Å². The van der Waals surface area contributed by atoms with Gasteiger partial charge in [-0.3, -0.25) is 9.69 Å². The highest BCUT2D eigenvalue weighted by Crippen LogP contribution is 2.24. The molecule has 8 heteroatoms. The molecule has 162 valence electrons. The van der Waals surface area contributed by atoms with Crippen LogP contribution in [0.2, 0.25) is 0 Å². The van der Waals surface area contributed by atoms with Gasteiger partial charge in [0.2, 0.25) is 10.0 Å². The molecule has 1 aromatic carbocycles. The van der Waals surface area contributed by atoms with E-state index in [1.807, 2.05) is 26.0 Å². The number of sulfonamides is 1. The molecular weight excluding hydrogens is 390 g/mol. The SMILES string of the molecule is Cc1cc(C)cc(C(=O)NCCN(C2CCOCC2)C2CCN(S(C)(=O)=O)C2)c1. The maximum atomic E-state index is 12.6. The van der Waals surface area contributed by atoms with Gasteiger partial charge in [0.25, 0.3) is 5.91 Å². The Balaban J connectivity index is 1.62. The highest BCUT2D eigenvalue weighted by Gasteiger charge is 2.35. The summed E-state index contributed by atoms with van der Waals surface area (Å²) in [5, 5.41) is 3.04. The molecule has 2 aliphatic heterocycles. The zero-order chi connectivity index (χ0) is 21.0. The molecule has 2 fully saturated rings. The largest absolute Gasteiger partial charge is 0.381 e. The molecule has 1 N–H and O–H groups in total. The summed E-state index contributed by atoms with van der Waals surface area (Å²) in [5.41, 5.74) is 2.83. The van der Waals surface area contributed by atoms with E-state index in [9.17, 15) is 13.2 Å². The Bertz CT molecular complexity index is 801. The number of nitrogens with one attached hydrogen (secondary N) is 1. The maximum Gasteiger partial charge on any atom is 0.251 e. The summed E-state index contributed by atoms with van der Waals surface area (Å²) >= 11 is 0. The van der Waals surface area contributed by atoms with Crippen molar-refractivity contribution in [1.29, 1.82) is 0 Å². The number of benzene rings is 1. The summed E-state index contributed by atoms with van der Waals surface area (Å²) in [5.74, 6) is -0.0621. The first-order valence-corrected chi connectivity index (χ1v) is 12.2. The van der Waals surface area contributed by atoms with Crippen LogP contribution in [-0.4, -0.2) is 81.3 Å². The Morgan fingerprint density at radius 3 is 2.38 bits per heavy atom. The van der Waals surface area contributed by atoms with Crippen molar-refractivity contribution in [2.75, 3.05) is 45.6 Å². The number of aryl methyl sites for hydroxylation is 2. The minimum atomic E-state index is -3.17. The molecule has 7 nitrogen and oxygen atoms in total. The number of hydrogen-bond donors (Lipinski definition) is 1. The Morgan fingerprint density at radius 1 is 1.14 bits per heavy atom. The standard InChI is InChI=1S/C21H33N3O4S/c1-16-12-17(2)14-18(13-16)21(25)22-7-9-24(19-5-10-28-11-6-19)20-4-8-23(15-20)29(3,26)27/h12-14,19-20H,4-11,15H2,1-3H3,(H,22,25). The minimum Gasteiger partial charge on any atom is -0.381 e. The lowest BCUT2D eigenvalue weighted by Crippen LogP contribution is -2.50. The van der Waals surface area contributed by atoms with E-state index < -0.39 is 10.0 Å². The van der Waals surface area contributed by atoms with Gasteiger partial charge < -0.3 is 10.1 Å². The van der Waals surface area contributed by atoms with Gasteiger partial charge in [0.15, 0.2) is 0 Å². The fourth-order valence-corrected chi connectivity index (χ4v) is 5.35. The van der Waals surface area contributed by atoms with Gasteiger partial charge in [0.1, 0.15) is 0 Å². The van der Waals surface area contributed by atoms with E-state index in [4.69, 9.17) is 4.74 Å². The topological polar surface area (TPSA) is 79.0 Å². The van der Waals surface area contributed by atoms with Crippen molar-refractivity contribution in [3.8, 4) is 0 Å². The molecule has 29 heavy (non-hydrogen) atoms. The van der Waals surface area contributed by atoms with Crippen molar-refractivity contribution in [2.45, 2.75) is 45.2 Å². The van der Waals surface area contributed by atoms with Gasteiger partial charge >= 0.3 is 0 Å². The highest BCUT2D eigenvalue weighted by atomic mass is 32.2. The summed E-state index contributed by atoms with van der Waals surface area (Å²) in [6, 6.07) is 6.41. The molecule has 1 amide bonds. The van der Waals surface area contributed by atoms with Gasteiger partial charge in [-0.05, 0) is 45.2 Å². The zero-order valence-corrected chi connectivity index (χ0v) is 18.5. The van der Waals surface area contributed by atoms with Crippen LogP contribution in [0.4, 0.5) is 0 Å². The molecule has 1 atom stereocenters. The van der Waals surface area contributed by atoms with E-state index in [1.54, 1.807) is 4.31 Å². The second-order valence-electron chi connectivity index (χ2n) is 8.28. The van der Waals surface area contributed by atoms with E-state index in [0.29, 0.717) is 37.8 Å². The Hall–Kier alpha value is -1.48. The number of nitrogens with zero attached hydrogens (tertiary/aromatic N) is 2. The second kappa shape index (κ2) is 9.55. The smallest absolute Gasteiger partial charge is 0.251 e. The van der Waals surface area contributed by atoms with Gasteiger partial charge in [0, 0.05) is 57.0 Å². The van der Waals surface area contributed by atoms with Crippen molar-refractivity contribution in [2.24, 2.45) is 0 Å². The molecule has 2 aliphatic rings. The molecule has 2 saturated heterocycles. The lowest BCUT2D eigenvalue weighted by Gasteiger charge is -2.38. The molecule has 2 heterocycles. The normalized spacial score (nSPS) is 21.6. The highest BCUT2D eigenvalue weighted by molar-refractivity contribution is 7.88. The summed E-state index contributed by atoms with van der Waals surface area (Å²) in [6.07, 6.45) is 3.99. The molecule has 0 aromatic heterocycles. The molecule has 3 rings (SSSR count). The Labute approximate surface area is 174 Å². The van der Waals surface area contributed by atoms with Crippen LogP contribution in [0.1, 0.15) is 40.7 Å². The molecule has 1 unspecified atom stereocenters. The first kappa shape index (κ1) is 22.2. The molecule has 0 spiro atoms. The first-order valence-electron chi connectivity index (χ1n) is 10.4. The van der Waals surface area contributed by atoms with E-state index in [1.165, 1.54) is 6.26 Å². The van der Waals surface area contributed by atoms with Crippen LogP contribution in [0.5, 0.6) is 0 Å². The van der Waals surface area contributed by atoms with Gasteiger partial charge in [-0.15, -0.1) is 0 Å². The van der Waals surface area contributed by atoms with Crippen molar-refractivity contribution < 1.29 is 17.9 Å². The number of amides is 1. The molecule has 1 aromatic rings. The van der Waals surface area contributed by atoms with E-state index in [0.717, 1.165) is 43.6 Å². The number of hydrogen-bond acceptors (Lipinski definition) is 5. The third-order valence-electron chi connectivity index (χ3n) is 5.86. The summed E-state index contributed by atoms with van der Waals surface area (Å²) in [7, 11) is -3.17. The van der Waals surface area contributed by atoms with Gasteiger partial charge in [0.05, 0.1) is 6.26 Å². The van der Waals surface area contributed by atoms with E-state index in [-0.39, 0.29) is 11.9 Å². The van der Waals surface area contributed by atoms with Crippen LogP contribution >= 0.6 is 0 Å². The summed E-state index contributed by atoms with van der Waals surface area (Å²) in [6.45, 7) is 7.80. The van der Waals surface area contributed by atoms with Crippen molar-refractivity contribution in [3.63, 3.8) is 0 Å². The van der Waals surface area contributed by atoms with E-state index >= 15 is 0 Å². The first-order chi connectivity index (χ1) is 13.7. The summed E-state index contributed by atoms with van der Waals surface area (Å²) in [4.78, 5) is 15.0. The number of ether oxygens (including phenoxy) is 1. The van der Waals surface area contributed by atoms with Gasteiger partial charge in [-0.1, -0.05) is 17.2 Å². The van der Waals surface area contributed by atoms with Crippen LogP contribution in [0, 0.1) is 13.8 Å². The monoisotopic (exact) mass is 423 g/mol.